The first-order valence-electron chi connectivity index (χ1n) is 8.04. The molecule has 0 aromatic heterocycles. The van der Waals surface area contributed by atoms with Crippen LogP contribution in [0.15, 0.2) is 0 Å². The molecule has 0 aromatic carbocycles. The van der Waals surface area contributed by atoms with Crippen LogP contribution in [0.25, 0.3) is 0 Å². The lowest BCUT2D eigenvalue weighted by molar-refractivity contribution is -0.147. The number of carboxylic acids is 1. The van der Waals surface area contributed by atoms with Gasteiger partial charge in [-0.2, -0.15) is 0 Å². The van der Waals surface area contributed by atoms with E-state index in [9.17, 15) is 24.3 Å². The second-order valence-corrected chi connectivity index (χ2v) is 6.19. The topological polar surface area (TPSA) is 122 Å². The summed E-state index contributed by atoms with van der Waals surface area (Å²) >= 11 is 0. The standard InChI is InChI=1S/C16H28N2O6/c1-6-24-13(20)8-10(4)14(16(22)23)18-15(21)12(7-9(2)3)17-11(5)19/h9-10,12,14H,6-8H2,1-5H3,(H,17,19)(H,18,21)(H,22,23)/t10-,12-,14+/m0/s1. The minimum atomic E-state index is -1.25. The summed E-state index contributed by atoms with van der Waals surface area (Å²) in [5, 5.41) is 14.3. The van der Waals surface area contributed by atoms with Crippen LogP contribution in [0.2, 0.25) is 0 Å². The van der Waals surface area contributed by atoms with Crippen molar-refractivity contribution >= 4 is 23.8 Å². The largest absolute Gasteiger partial charge is 0.480 e. The molecule has 24 heavy (non-hydrogen) atoms. The van der Waals surface area contributed by atoms with Gasteiger partial charge in [0.15, 0.2) is 0 Å². The molecule has 0 heterocycles. The minimum absolute atomic E-state index is 0.125. The Morgan fingerprint density at radius 2 is 1.67 bits per heavy atom. The van der Waals surface area contributed by atoms with Crippen molar-refractivity contribution in [2.24, 2.45) is 11.8 Å². The Morgan fingerprint density at radius 1 is 1.08 bits per heavy atom. The minimum Gasteiger partial charge on any atom is -0.480 e. The van der Waals surface area contributed by atoms with E-state index < -0.39 is 35.8 Å². The van der Waals surface area contributed by atoms with Gasteiger partial charge in [0, 0.05) is 6.92 Å². The van der Waals surface area contributed by atoms with E-state index in [4.69, 9.17) is 4.74 Å². The Morgan fingerprint density at radius 3 is 2.08 bits per heavy atom. The maximum atomic E-state index is 12.3. The molecular weight excluding hydrogens is 316 g/mol. The number of amides is 2. The first-order chi connectivity index (χ1) is 11.1. The van der Waals surface area contributed by atoms with Gasteiger partial charge in [-0.25, -0.2) is 4.79 Å². The number of aliphatic carboxylic acids is 1. The molecule has 0 bridgehead atoms. The van der Waals surface area contributed by atoms with Crippen molar-refractivity contribution in [2.75, 3.05) is 6.61 Å². The van der Waals surface area contributed by atoms with E-state index in [-0.39, 0.29) is 24.9 Å². The third-order valence-corrected chi connectivity index (χ3v) is 3.33. The molecule has 8 heteroatoms. The fourth-order valence-corrected chi connectivity index (χ4v) is 2.25. The number of carbonyl (C=O) groups is 4. The van der Waals surface area contributed by atoms with Gasteiger partial charge in [0.2, 0.25) is 11.8 Å². The molecule has 2 amide bonds. The second-order valence-electron chi connectivity index (χ2n) is 6.19. The predicted octanol–water partition coefficient (Wildman–Crippen LogP) is 0.696. The molecule has 0 rings (SSSR count). The first-order valence-corrected chi connectivity index (χ1v) is 8.04. The van der Waals surface area contributed by atoms with Crippen LogP contribution in [0.5, 0.6) is 0 Å². The number of carboxylic acid groups (broad SMARTS) is 1. The van der Waals surface area contributed by atoms with Crippen molar-refractivity contribution in [1.29, 1.82) is 0 Å². The molecule has 3 atom stereocenters. The molecule has 3 N–H and O–H groups in total. The maximum absolute atomic E-state index is 12.3. The average molecular weight is 344 g/mol. The highest BCUT2D eigenvalue weighted by Crippen LogP contribution is 2.12. The molecule has 0 spiro atoms. The number of ether oxygens (including phenoxy) is 1. The number of carbonyl (C=O) groups excluding carboxylic acids is 3. The van der Waals surface area contributed by atoms with Crippen LogP contribution in [0, 0.1) is 11.8 Å². The molecule has 0 unspecified atom stereocenters. The zero-order chi connectivity index (χ0) is 18.9. The second kappa shape index (κ2) is 10.6. The highest BCUT2D eigenvalue weighted by molar-refractivity contribution is 5.90. The molecule has 0 fully saturated rings. The van der Waals surface area contributed by atoms with Gasteiger partial charge in [-0.3, -0.25) is 14.4 Å². The molecule has 138 valence electrons. The number of rotatable bonds is 10. The van der Waals surface area contributed by atoms with Crippen LogP contribution < -0.4 is 10.6 Å². The van der Waals surface area contributed by atoms with Gasteiger partial charge in [0.25, 0.3) is 0 Å². The van der Waals surface area contributed by atoms with Crippen LogP contribution in [0.3, 0.4) is 0 Å². The summed E-state index contributed by atoms with van der Waals surface area (Å²) in [5.74, 6) is -3.24. The third kappa shape index (κ3) is 8.50. The molecule has 0 aliphatic heterocycles. The molecule has 8 nitrogen and oxygen atoms in total. The Hall–Kier alpha value is -2.12. The lowest BCUT2D eigenvalue weighted by Gasteiger charge is -2.25. The van der Waals surface area contributed by atoms with Crippen LogP contribution in [0.1, 0.15) is 47.5 Å². The van der Waals surface area contributed by atoms with Crippen LogP contribution in [-0.4, -0.2) is 47.6 Å². The lowest BCUT2D eigenvalue weighted by Crippen LogP contribution is -2.53. The van der Waals surface area contributed by atoms with Crippen molar-refractivity contribution in [3.05, 3.63) is 0 Å². The molecule has 0 saturated carbocycles. The van der Waals surface area contributed by atoms with Crippen LogP contribution in [-0.2, 0) is 23.9 Å². The molecule has 0 aliphatic rings. The van der Waals surface area contributed by atoms with Crippen molar-refractivity contribution in [3.8, 4) is 0 Å². The van der Waals surface area contributed by atoms with E-state index in [0.29, 0.717) is 6.42 Å². The van der Waals surface area contributed by atoms with E-state index in [2.05, 4.69) is 10.6 Å². The monoisotopic (exact) mass is 344 g/mol. The van der Waals surface area contributed by atoms with Crippen molar-refractivity contribution < 1.29 is 29.0 Å². The Labute approximate surface area is 142 Å². The van der Waals surface area contributed by atoms with E-state index in [1.807, 2.05) is 13.8 Å². The summed E-state index contributed by atoms with van der Waals surface area (Å²) < 4.78 is 4.80. The number of nitrogens with one attached hydrogen (secondary N) is 2. The fraction of sp³-hybridized carbons (Fsp3) is 0.750. The van der Waals surface area contributed by atoms with Gasteiger partial charge in [-0.1, -0.05) is 20.8 Å². The quantitative estimate of drug-likeness (QED) is 0.501. The summed E-state index contributed by atoms with van der Waals surface area (Å²) in [6.07, 6.45) is 0.254. The number of hydrogen-bond donors (Lipinski definition) is 3. The molecule has 0 aliphatic carbocycles. The van der Waals surface area contributed by atoms with Crippen molar-refractivity contribution in [1.82, 2.24) is 10.6 Å². The maximum Gasteiger partial charge on any atom is 0.326 e. The SMILES string of the molecule is CCOC(=O)C[C@H](C)[C@@H](NC(=O)[C@H](CC(C)C)NC(C)=O)C(=O)O. The highest BCUT2D eigenvalue weighted by Gasteiger charge is 2.31. The van der Waals surface area contributed by atoms with Crippen molar-refractivity contribution in [2.45, 2.75) is 59.5 Å². The molecule has 0 aromatic rings. The van der Waals surface area contributed by atoms with Gasteiger partial charge in [0.05, 0.1) is 13.0 Å². The third-order valence-electron chi connectivity index (χ3n) is 3.33. The van der Waals surface area contributed by atoms with E-state index in [0.717, 1.165) is 0 Å². The molecule has 0 saturated heterocycles. The van der Waals surface area contributed by atoms with Gasteiger partial charge >= 0.3 is 11.9 Å². The zero-order valence-electron chi connectivity index (χ0n) is 14.9. The van der Waals surface area contributed by atoms with Crippen LogP contribution >= 0.6 is 0 Å². The molecular formula is C16H28N2O6. The van der Waals surface area contributed by atoms with E-state index in [1.54, 1.807) is 13.8 Å². The summed E-state index contributed by atoms with van der Waals surface area (Å²) in [4.78, 5) is 46.5. The molecule has 0 radical (unpaired) electrons. The summed E-state index contributed by atoms with van der Waals surface area (Å²) in [6, 6.07) is -2.07. The van der Waals surface area contributed by atoms with Gasteiger partial charge < -0.3 is 20.5 Å². The van der Waals surface area contributed by atoms with Gasteiger partial charge in [0.1, 0.15) is 12.1 Å². The van der Waals surface area contributed by atoms with Gasteiger partial charge in [-0.15, -0.1) is 0 Å². The Kier molecular flexibility index (Phi) is 9.68. The van der Waals surface area contributed by atoms with E-state index >= 15 is 0 Å². The summed E-state index contributed by atoms with van der Waals surface area (Å²) in [6.45, 7) is 8.47. The van der Waals surface area contributed by atoms with Gasteiger partial charge in [-0.05, 0) is 25.2 Å². The number of hydrogen-bond acceptors (Lipinski definition) is 5. The first kappa shape index (κ1) is 21.9. The van der Waals surface area contributed by atoms with E-state index in [1.165, 1.54) is 6.92 Å². The fourth-order valence-electron chi connectivity index (χ4n) is 2.25. The Bertz CT molecular complexity index is 463. The smallest absolute Gasteiger partial charge is 0.326 e. The normalized spacial score (nSPS) is 14.4. The van der Waals surface area contributed by atoms with Crippen LogP contribution in [0.4, 0.5) is 0 Å². The summed E-state index contributed by atoms with van der Waals surface area (Å²) in [7, 11) is 0. The lowest BCUT2D eigenvalue weighted by atomic mass is 9.97. The van der Waals surface area contributed by atoms with Crippen molar-refractivity contribution in [3.63, 3.8) is 0 Å². The highest BCUT2D eigenvalue weighted by atomic mass is 16.5. The average Bonchev–Trinajstić information content (AvgIpc) is 2.42. The summed E-state index contributed by atoms with van der Waals surface area (Å²) in [5.41, 5.74) is 0. The zero-order valence-corrected chi connectivity index (χ0v) is 14.9. The number of esters is 1. The predicted molar refractivity (Wildman–Crippen MR) is 87.0 cm³/mol. The Balaban J connectivity index is 4.99.